The van der Waals surface area contributed by atoms with E-state index < -0.39 is 0 Å². The van der Waals surface area contributed by atoms with E-state index in [2.05, 4.69) is 12.1 Å². The van der Waals surface area contributed by atoms with Gasteiger partial charge in [-0.2, -0.15) is 0 Å². The number of amides is 2. The largest absolute Gasteiger partial charge is 0.328 e. The Morgan fingerprint density at radius 1 is 1.12 bits per heavy atom. The molecule has 0 heterocycles. The predicted molar refractivity (Wildman–Crippen MR) is 66.5 cm³/mol. The molecule has 0 atom stereocenters. The number of likely N-dealkylation sites (N-methyl/N-ethyl adjacent to an activating group) is 1. The van der Waals surface area contributed by atoms with E-state index >= 15 is 0 Å². The van der Waals surface area contributed by atoms with Gasteiger partial charge in [0.15, 0.2) is 0 Å². The lowest BCUT2D eigenvalue weighted by molar-refractivity contribution is 0.176. The quantitative estimate of drug-likeness (QED) is 0.763. The van der Waals surface area contributed by atoms with Crippen LogP contribution < -0.4 is 0 Å². The van der Waals surface area contributed by atoms with Crippen molar-refractivity contribution in [1.82, 2.24) is 9.80 Å². The van der Waals surface area contributed by atoms with Gasteiger partial charge in [-0.3, -0.25) is 0 Å². The topological polar surface area (TPSA) is 23.6 Å². The molecular weight excluding hydrogens is 200 g/mol. The summed E-state index contributed by atoms with van der Waals surface area (Å²) in [4.78, 5) is 15.2. The first kappa shape index (κ1) is 12.6. The summed E-state index contributed by atoms with van der Waals surface area (Å²) in [6.45, 7) is 3.48. The van der Waals surface area contributed by atoms with Crippen LogP contribution in [0.2, 0.25) is 0 Å². The van der Waals surface area contributed by atoms with Gasteiger partial charge in [-0.15, -0.1) is 0 Å². The van der Waals surface area contributed by atoms with Crippen LogP contribution in [0, 0.1) is 0 Å². The average molecular weight is 220 g/mol. The van der Waals surface area contributed by atoms with Gasteiger partial charge in [0.05, 0.1) is 0 Å². The lowest BCUT2D eigenvalue weighted by atomic mass is 10.1. The minimum absolute atomic E-state index is 0.0819. The summed E-state index contributed by atoms with van der Waals surface area (Å²) < 4.78 is 0. The van der Waals surface area contributed by atoms with Crippen LogP contribution >= 0.6 is 0 Å². The molecule has 3 heteroatoms. The summed E-state index contributed by atoms with van der Waals surface area (Å²) in [5.41, 5.74) is 1.27. The first-order valence-electron chi connectivity index (χ1n) is 5.65. The maximum atomic E-state index is 11.7. The van der Waals surface area contributed by atoms with E-state index in [-0.39, 0.29) is 6.03 Å². The van der Waals surface area contributed by atoms with Crippen LogP contribution in [0.5, 0.6) is 0 Å². The van der Waals surface area contributed by atoms with Gasteiger partial charge in [-0.25, -0.2) is 4.79 Å². The number of hydrogen-bond donors (Lipinski definition) is 0. The molecule has 0 aliphatic carbocycles. The lowest BCUT2D eigenvalue weighted by Crippen LogP contribution is -2.39. The van der Waals surface area contributed by atoms with Crippen LogP contribution in [0.3, 0.4) is 0 Å². The highest BCUT2D eigenvalue weighted by molar-refractivity contribution is 5.73. The van der Waals surface area contributed by atoms with Crippen LogP contribution in [0.1, 0.15) is 12.5 Å². The molecule has 0 spiro atoms. The first-order valence-corrected chi connectivity index (χ1v) is 5.65. The number of hydrogen-bond acceptors (Lipinski definition) is 1. The summed E-state index contributed by atoms with van der Waals surface area (Å²) >= 11 is 0. The molecule has 1 aromatic rings. The van der Waals surface area contributed by atoms with Crippen LogP contribution in [0.25, 0.3) is 0 Å². The van der Waals surface area contributed by atoms with Crippen LogP contribution in [0.4, 0.5) is 4.79 Å². The van der Waals surface area contributed by atoms with Crippen molar-refractivity contribution in [1.29, 1.82) is 0 Å². The minimum atomic E-state index is 0.0819. The summed E-state index contributed by atoms with van der Waals surface area (Å²) in [5.74, 6) is 0. The Hall–Kier alpha value is -1.51. The number of carbonyl (C=O) groups excluding carboxylic acids is 1. The SMILES string of the molecule is CCN(C)C(=O)N(C)CCc1ccccc1. The van der Waals surface area contributed by atoms with Gasteiger partial charge in [0.1, 0.15) is 0 Å². The fourth-order valence-electron chi connectivity index (χ4n) is 1.46. The van der Waals surface area contributed by atoms with Gasteiger partial charge in [0.25, 0.3) is 0 Å². The molecule has 0 saturated heterocycles. The second kappa shape index (κ2) is 6.16. The van der Waals surface area contributed by atoms with Crippen LogP contribution in [-0.2, 0) is 6.42 Å². The van der Waals surface area contributed by atoms with Crippen molar-refractivity contribution >= 4 is 6.03 Å². The van der Waals surface area contributed by atoms with E-state index in [0.717, 1.165) is 19.5 Å². The van der Waals surface area contributed by atoms with Gasteiger partial charge in [0, 0.05) is 27.2 Å². The summed E-state index contributed by atoms with van der Waals surface area (Å²) in [6.07, 6.45) is 0.903. The predicted octanol–water partition coefficient (Wildman–Crippen LogP) is 2.23. The molecule has 0 bridgehead atoms. The number of rotatable bonds is 4. The zero-order valence-electron chi connectivity index (χ0n) is 10.3. The molecule has 0 aromatic heterocycles. The third-order valence-corrected chi connectivity index (χ3v) is 2.71. The van der Waals surface area contributed by atoms with Crippen molar-refractivity contribution in [2.75, 3.05) is 27.2 Å². The lowest BCUT2D eigenvalue weighted by Gasteiger charge is -2.23. The molecule has 3 nitrogen and oxygen atoms in total. The minimum Gasteiger partial charge on any atom is -0.328 e. The van der Waals surface area contributed by atoms with E-state index in [9.17, 15) is 4.79 Å². The van der Waals surface area contributed by atoms with Crippen molar-refractivity contribution < 1.29 is 4.79 Å². The van der Waals surface area contributed by atoms with Gasteiger partial charge in [-0.05, 0) is 18.9 Å². The highest BCUT2D eigenvalue weighted by Crippen LogP contribution is 2.02. The van der Waals surface area contributed by atoms with Crippen molar-refractivity contribution in [3.8, 4) is 0 Å². The van der Waals surface area contributed by atoms with Crippen LogP contribution in [-0.4, -0.2) is 43.0 Å². The Morgan fingerprint density at radius 3 is 2.31 bits per heavy atom. The molecule has 0 N–H and O–H groups in total. The normalized spacial score (nSPS) is 9.94. The van der Waals surface area contributed by atoms with Gasteiger partial charge >= 0.3 is 6.03 Å². The molecule has 0 fully saturated rings. The van der Waals surface area contributed by atoms with E-state index in [1.807, 2.05) is 39.2 Å². The van der Waals surface area contributed by atoms with Gasteiger partial charge in [0.2, 0.25) is 0 Å². The molecule has 2 amide bonds. The smallest absolute Gasteiger partial charge is 0.319 e. The Labute approximate surface area is 97.7 Å². The molecule has 0 saturated carbocycles. The fourth-order valence-corrected chi connectivity index (χ4v) is 1.46. The highest BCUT2D eigenvalue weighted by Gasteiger charge is 2.11. The molecule has 0 radical (unpaired) electrons. The fraction of sp³-hybridized carbons (Fsp3) is 0.462. The molecule has 0 aliphatic rings. The molecular formula is C13H20N2O. The summed E-state index contributed by atoms with van der Waals surface area (Å²) in [7, 11) is 3.67. The average Bonchev–Trinajstić information content (AvgIpc) is 2.35. The number of urea groups is 1. The van der Waals surface area contributed by atoms with Crippen molar-refractivity contribution in [3.05, 3.63) is 35.9 Å². The van der Waals surface area contributed by atoms with E-state index in [0.29, 0.717) is 0 Å². The zero-order chi connectivity index (χ0) is 12.0. The van der Waals surface area contributed by atoms with Crippen molar-refractivity contribution in [3.63, 3.8) is 0 Å². The Balaban J connectivity index is 2.41. The molecule has 1 rings (SSSR count). The molecule has 0 aliphatic heterocycles. The third-order valence-electron chi connectivity index (χ3n) is 2.71. The third kappa shape index (κ3) is 3.57. The number of benzene rings is 1. The van der Waals surface area contributed by atoms with E-state index in [4.69, 9.17) is 0 Å². The van der Waals surface area contributed by atoms with E-state index in [1.54, 1.807) is 9.80 Å². The Bertz CT molecular complexity index is 324. The molecule has 16 heavy (non-hydrogen) atoms. The summed E-state index contributed by atoms with van der Waals surface area (Å²) in [5, 5.41) is 0. The number of carbonyl (C=O) groups is 1. The second-order valence-corrected chi connectivity index (χ2v) is 3.95. The van der Waals surface area contributed by atoms with Crippen molar-refractivity contribution in [2.45, 2.75) is 13.3 Å². The van der Waals surface area contributed by atoms with E-state index in [1.165, 1.54) is 5.56 Å². The maximum absolute atomic E-state index is 11.7. The van der Waals surface area contributed by atoms with Crippen molar-refractivity contribution in [2.24, 2.45) is 0 Å². The van der Waals surface area contributed by atoms with Gasteiger partial charge in [-0.1, -0.05) is 30.3 Å². The maximum Gasteiger partial charge on any atom is 0.319 e. The molecule has 88 valence electrons. The Morgan fingerprint density at radius 2 is 1.75 bits per heavy atom. The van der Waals surface area contributed by atoms with Gasteiger partial charge < -0.3 is 9.80 Å². The first-order chi connectivity index (χ1) is 7.65. The summed E-state index contributed by atoms with van der Waals surface area (Å²) in [6, 6.07) is 10.3. The molecule has 0 unspecified atom stereocenters. The molecule has 1 aromatic carbocycles. The highest BCUT2D eigenvalue weighted by atomic mass is 16.2. The standard InChI is InChI=1S/C13H20N2O/c1-4-14(2)13(16)15(3)11-10-12-8-6-5-7-9-12/h5-9H,4,10-11H2,1-3H3. The monoisotopic (exact) mass is 220 g/mol. The Kier molecular flexibility index (Phi) is 4.83. The zero-order valence-corrected chi connectivity index (χ0v) is 10.3. The van der Waals surface area contributed by atoms with Crippen LogP contribution in [0.15, 0.2) is 30.3 Å². The number of nitrogens with zero attached hydrogens (tertiary/aromatic N) is 2. The second-order valence-electron chi connectivity index (χ2n) is 3.95.